The van der Waals surface area contributed by atoms with Crippen molar-refractivity contribution < 1.29 is 13.9 Å². The van der Waals surface area contributed by atoms with E-state index in [-0.39, 0.29) is 11.6 Å². The van der Waals surface area contributed by atoms with E-state index in [1.807, 2.05) is 19.1 Å². The number of Topliss-reactive ketones (excluding diaryl/α,β-unsaturated/α-hetero) is 1. The van der Waals surface area contributed by atoms with E-state index in [1.54, 1.807) is 0 Å². The molecule has 0 aromatic heterocycles. The molecule has 1 aromatic carbocycles. The summed E-state index contributed by atoms with van der Waals surface area (Å²) < 4.78 is 17.9. The number of rotatable bonds is 7. The lowest BCUT2D eigenvalue weighted by atomic mass is 10.1. The number of hydrogen-bond acceptors (Lipinski definition) is 2. The summed E-state index contributed by atoms with van der Waals surface area (Å²) in [5, 5.41) is 0. The van der Waals surface area contributed by atoms with Gasteiger partial charge < -0.3 is 4.74 Å². The van der Waals surface area contributed by atoms with Crippen molar-refractivity contribution in [2.24, 2.45) is 0 Å². The van der Waals surface area contributed by atoms with E-state index in [9.17, 15) is 9.18 Å². The van der Waals surface area contributed by atoms with Crippen LogP contribution in [0.4, 0.5) is 4.39 Å². The van der Waals surface area contributed by atoms with Crippen LogP contribution in [0.2, 0.25) is 0 Å². The highest BCUT2D eigenvalue weighted by Crippen LogP contribution is 2.07. The number of carbonyl (C=O) groups is 1. The van der Waals surface area contributed by atoms with Crippen molar-refractivity contribution in [3.63, 3.8) is 0 Å². The molecule has 1 rings (SSSR count). The van der Waals surface area contributed by atoms with E-state index in [0.29, 0.717) is 31.6 Å². The normalized spacial score (nSPS) is 10.9. The Labute approximate surface area is 101 Å². The van der Waals surface area contributed by atoms with Gasteiger partial charge in [0.15, 0.2) is 5.78 Å². The van der Waals surface area contributed by atoms with Crippen molar-refractivity contribution in [3.8, 4) is 0 Å². The monoisotopic (exact) mass is 236 g/mol. The fourth-order valence-electron chi connectivity index (χ4n) is 1.36. The van der Waals surface area contributed by atoms with Crippen molar-refractivity contribution in [2.45, 2.75) is 19.8 Å². The van der Waals surface area contributed by atoms with Crippen molar-refractivity contribution >= 4 is 5.78 Å². The first-order chi connectivity index (χ1) is 8.24. The van der Waals surface area contributed by atoms with Gasteiger partial charge in [0.25, 0.3) is 0 Å². The zero-order valence-electron chi connectivity index (χ0n) is 9.99. The molecule has 0 atom stereocenters. The number of benzene rings is 1. The Balaban J connectivity index is 2.23. The SMILES string of the molecule is CC=CCOCCCC(=O)c1ccc(F)cc1. The third-order valence-corrected chi connectivity index (χ3v) is 2.31. The van der Waals surface area contributed by atoms with Crippen LogP contribution in [-0.4, -0.2) is 19.0 Å². The summed E-state index contributed by atoms with van der Waals surface area (Å²) in [7, 11) is 0. The third kappa shape index (κ3) is 5.41. The number of halogens is 1. The van der Waals surface area contributed by atoms with E-state index < -0.39 is 0 Å². The summed E-state index contributed by atoms with van der Waals surface area (Å²) in [6.45, 7) is 3.08. The Morgan fingerprint density at radius 2 is 2.06 bits per heavy atom. The van der Waals surface area contributed by atoms with Gasteiger partial charge in [-0.25, -0.2) is 4.39 Å². The maximum atomic E-state index is 12.6. The quantitative estimate of drug-likeness (QED) is 0.412. The Bertz CT molecular complexity index is 368. The average Bonchev–Trinajstić information content (AvgIpc) is 2.34. The lowest BCUT2D eigenvalue weighted by molar-refractivity contribution is 0.0954. The molecule has 0 aliphatic heterocycles. The van der Waals surface area contributed by atoms with E-state index in [2.05, 4.69) is 0 Å². The molecule has 0 bridgehead atoms. The molecule has 0 N–H and O–H groups in total. The molecule has 1 aromatic rings. The first-order valence-corrected chi connectivity index (χ1v) is 5.71. The Kier molecular flexibility index (Phi) is 6.18. The van der Waals surface area contributed by atoms with E-state index in [1.165, 1.54) is 24.3 Å². The van der Waals surface area contributed by atoms with Gasteiger partial charge in [-0.2, -0.15) is 0 Å². The maximum absolute atomic E-state index is 12.6. The topological polar surface area (TPSA) is 26.3 Å². The Hall–Kier alpha value is -1.48. The van der Waals surface area contributed by atoms with Gasteiger partial charge in [-0.15, -0.1) is 0 Å². The number of ketones is 1. The van der Waals surface area contributed by atoms with Crippen LogP contribution >= 0.6 is 0 Å². The van der Waals surface area contributed by atoms with Crippen LogP contribution in [0, 0.1) is 5.82 Å². The Morgan fingerprint density at radius 1 is 1.35 bits per heavy atom. The molecule has 0 heterocycles. The minimum Gasteiger partial charge on any atom is -0.377 e. The van der Waals surface area contributed by atoms with Gasteiger partial charge in [-0.3, -0.25) is 4.79 Å². The molecule has 0 amide bonds. The van der Waals surface area contributed by atoms with Crippen LogP contribution < -0.4 is 0 Å². The van der Waals surface area contributed by atoms with Gasteiger partial charge in [0.05, 0.1) is 6.61 Å². The molecule has 0 aliphatic rings. The maximum Gasteiger partial charge on any atom is 0.162 e. The summed E-state index contributed by atoms with van der Waals surface area (Å²) in [4.78, 5) is 11.7. The molecule has 0 fully saturated rings. The second kappa shape index (κ2) is 7.74. The van der Waals surface area contributed by atoms with E-state index in [4.69, 9.17) is 4.74 Å². The number of hydrogen-bond donors (Lipinski definition) is 0. The summed E-state index contributed by atoms with van der Waals surface area (Å²) in [5.74, 6) is -0.295. The van der Waals surface area contributed by atoms with Gasteiger partial charge in [0, 0.05) is 18.6 Å². The predicted molar refractivity (Wildman–Crippen MR) is 65.6 cm³/mol. The van der Waals surface area contributed by atoms with Crippen molar-refractivity contribution in [3.05, 3.63) is 47.8 Å². The fourth-order valence-corrected chi connectivity index (χ4v) is 1.36. The highest BCUT2D eigenvalue weighted by molar-refractivity contribution is 5.95. The van der Waals surface area contributed by atoms with Gasteiger partial charge in [0.2, 0.25) is 0 Å². The van der Waals surface area contributed by atoms with Crippen LogP contribution in [0.25, 0.3) is 0 Å². The second-order valence-electron chi connectivity index (χ2n) is 3.68. The predicted octanol–water partition coefficient (Wildman–Crippen LogP) is 3.38. The third-order valence-electron chi connectivity index (χ3n) is 2.31. The fraction of sp³-hybridized carbons (Fsp3) is 0.357. The summed E-state index contributed by atoms with van der Waals surface area (Å²) in [5.41, 5.74) is 0.555. The molecule has 0 saturated heterocycles. The largest absolute Gasteiger partial charge is 0.377 e. The van der Waals surface area contributed by atoms with E-state index in [0.717, 1.165) is 0 Å². The Morgan fingerprint density at radius 3 is 2.71 bits per heavy atom. The molecular formula is C14H17FO2. The first-order valence-electron chi connectivity index (χ1n) is 5.71. The molecule has 0 aliphatic carbocycles. The van der Waals surface area contributed by atoms with Crippen LogP contribution in [0.5, 0.6) is 0 Å². The van der Waals surface area contributed by atoms with Crippen LogP contribution in [0.1, 0.15) is 30.1 Å². The minimum atomic E-state index is -0.323. The second-order valence-corrected chi connectivity index (χ2v) is 3.68. The van der Waals surface area contributed by atoms with Crippen LogP contribution in [0.3, 0.4) is 0 Å². The highest BCUT2D eigenvalue weighted by Gasteiger charge is 2.05. The van der Waals surface area contributed by atoms with Crippen molar-refractivity contribution in [2.75, 3.05) is 13.2 Å². The van der Waals surface area contributed by atoms with Gasteiger partial charge in [-0.05, 0) is 37.6 Å². The standard InChI is InChI=1S/C14H17FO2/c1-2-3-10-17-11-4-5-14(16)12-6-8-13(15)9-7-12/h2-3,6-9H,4-5,10-11H2,1H3. The molecule has 2 nitrogen and oxygen atoms in total. The molecule has 0 saturated carbocycles. The lowest BCUT2D eigenvalue weighted by Gasteiger charge is -2.02. The minimum absolute atomic E-state index is 0.0274. The molecule has 92 valence electrons. The molecule has 17 heavy (non-hydrogen) atoms. The molecule has 0 spiro atoms. The summed E-state index contributed by atoms with van der Waals surface area (Å²) >= 11 is 0. The summed E-state index contributed by atoms with van der Waals surface area (Å²) in [6.07, 6.45) is 4.96. The zero-order chi connectivity index (χ0) is 12.5. The van der Waals surface area contributed by atoms with Gasteiger partial charge >= 0.3 is 0 Å². The zero-order valence-corrected chi connectivity index (χ0v) is 9.99. The molecular weight excluding hydrogens is 219 g/mol. The van der Waals surface area contributed by atoms with E-state index >= 15 is 0 Å². The molecule has 0 unspecified atom stereocenters. The van der Waals surface area contributed by atoms with Gasteiger partial charge in [-0.1, -0.05) is 12.2 Å². The van der Waals surface area contributed by atoms with Gasteiger partial charge in [0.1, 0.15) is 5.82 Å². The highest BCUT2D eigenvalue weighted by atomic mass is 19.1. The molecule has 0 radical (unpaired) electrons. The number of carbonyl (C=O) groups excluding carboxylic acids is 1. The lowest BCUT2D eigenvalue weighted by Crippen LogP contribution is -2.02. The molecule has 3 heteroatoms. The first kappa shape index (κ1) is 13.6. The average molecular weight is 236 g/mol. The number of ether oxygens (including phenoxy) is 1. The summed E-state index contributed by atoms with van der Waals surface area (Å²) in [6, 6.07) is 5.63. The van der Waals surface area contributed by atoms with Crippen molar-refractivity contribution in [1.29, 1.82) is 0 Å². The van der Waals surface area contributed by atoms with Crippen LogP contribution in [-0.2, 0) is 4.74 Å². The smallest absolute Gasteiger partial charge is 0.162 e. The van der Waals surface area contributed by atoms with Crippen LogP contribution in [0.15, 0.2) is 36.4 Å². The van der Waals surface area contributed by atoms with Crippen molar-refractivity contribution in [1.82, 2.24) is 0 Å². The number of allylic oxidation sites excluding steroid dienone is 1.